The summed E-state index contributed by atoms with van der Waals surface area (Å²) in [5.74, 6) is -0.163. The van der Waals surface area contributed by atoms with Crippen molar-refractivity contribution in [1.82, 2.24) is 14.7 Å². The Kier molecular flexibility index (Phi) is 5.53. The van der Waals surface area contributed by atoms with Gasteiger partial charge in [0.25, 0.3) is 11.6 Å². The molecule has 1 atom stereocenters. The molecule has 2 heterocycles. The van der Waals surface area contributed by atoms with Crippen molar-refractivity contribution < 1.29 is 9.72 Å². The predicted molar refractivity (Wildman–Crippen MR) is 90.6 cm³/mol. The first-order valence-corrected chi connectivity index (χ1v) is 7.40. The van der Waals surface area contributed by atoms with Crippen molar-refractivity contribution in [2.75, 3.05) is 13.1 Å². The van der Waals surface area contributed by atoms with E-state index in [1.54, 1.807) is 29.3 Å². The zero-order valence-electron chi connectivity index (χ0n) is 12.9. The number of piperidine rings is 1. The normalized spacial score (nSPS) is 17.2. The standard InChI is InChI=1S/C15H17N5O3.ClH/c16-11-3-2-7-18(10-11)15(21)14-6-8-19(17-14)12-4-1-5-13(9-12)20(22)23;/h1,4-6,8-9,11H,2-3,7,10,16H2;1H. The number of nitro benzene ring substituents is 1. The zero-order chi connectivity index (χ0) is 16.4. The molecule has 128 valence electrons. The second-order valence-electron chi connectivity index (χ2n) is 5.58. The fourth-order valence-electron chi connectivity index (χ4n) is 2.69. The molecular weight excluding hydrogens is 334 g/mol. The average molecular weight is 352 g/mol. The number of rotatable bonds is 3. The molecule has 2 N–H and O–H groups in total. The summed E-state index contributed by atoms with van der Waals surface area (Å²) in [7, 11) is 0. The zero-order valence-corrected chi connectivity index (χ0v) is 13.7. The van der Waals surface area contributed by atoms with Gasteiger partial charge in [0.05, 0.1) is 10.6 Å². The minimum absolute atomic E-state index is 0. The van der Waals surface area contributed by atoms with Gasteiger partial charge in [0.2, 0.25) is 0 Å². The second-order valence-corrected chi connectivity index (χ2v) is 5.58. The summed E-state index contributed by atoms with van der Waals surface area (Å²) in [6.07, 6.45) is 3.43. The maximum Gasteiger partial charge on any atom is 0.274 e. The van der Waals surface area contributed by atoms with Gasteiger partial charge in [0, 0.05) is 37.5 Å². The van der Waals surface area contributed by atoms with E-state index in [4.69, 9.17) is 5.73 Å². The summed E-state index contributed by atoms with van der Waals surface area (Å²) in [6, 6.07) is 7.73. The van der Waals surface area contributed by atoms with Crippen molar-refractivity contribution in [2.45, 2.75) is 18.9 Å². The van der Waals surface area contributed by atoms with Gasteiger partial charge < -0.3 is 10.6 Å². The highest BCUT2D eigenvalue weighted by Gasteiger charge is 2.24. The molecule has 1 aliphatic heterocycles. The van der Waals surface area contributed by atoms with Crippen LogP contribution in [0.5, 0.6) is 0 Å². The quantitative estimate of drug-likeness (QED) is 0.669. The summed E-state index contributed by atoms with van der Waals surface area (Å²) in [4.78, 5) is 24.5. The number of benzene rings is 1. The molecule has 1 saturated heterocycles. The van der Waals surface area contributed by atoms with Gasteiger partial charge in [-0.05, 0) is 25.0 Å². The summed E-state index contributed by atoms with van der Waals surface area (Å²) >= 11 is 0. The molecule has 0 bridgehead atoms. The van der Waals surface area contributed by atoms with Gasteiger partial charge in [-0.15, -0.1) is 12.4 Å². The van der Waals surface area contributed by atoms with Crippen molar-refractivity contribution >= 4 is 24.0 Å². The highest BCUT2D eigenvalue weighted by atomic mass is 35.5. The maximum atomic E-state index is 12.5. The number of carbonyl (C=O) groups is 1. The molecule has 8 nitrogen and oxygen atoms in total. The Morgan fingerprint density at radius 1 is 1.38 bits per heavy atom. The van der Waals surface area contributed by atoms with Gasteiger partial charge in [-0.3, -0.25) is 14.9 Å². The first kappa shape index (κ1) is 17.9. The van der Waals surface area contributed by atoms with Crippen LogP contribution < -0.4 is 5.73 Å². The number of nitrogens with two attached hydrogens (primary N) is 1. The van der Waals surface area contributed by atoms with E-state index in [0.29, 0.717) is 24.5 Å². The largest absolute Gasteiger partial charge is 0.336 e. The topological polar surface area (TPSA) is 107 Å². The minimum atomic E-state index is -0.464. The van der Waals surface area contributed by atoms with E-state index in [-0.39, 0.29) is 30.0 Å². The lowest BCUT2D eigenvalue weighted by atomic mass is 10.1. The van der Waals surface area contributed by atoms with Gasteiger partial charge in [0.1, 0.15) is 0 Å². The van der Waals surface area contributed by atoms with Crippen LogP contribution in [0.3, 0.4) is 0 Å². The van der Waals surface area contributed by atoms with Crippen molar-refractivity contribution in [3.63, 3.8) is 0 Å². The molecule has 3 rings (SSSR count). The van der Waals surface area contributed by atoms with Gasteiger partial charge in [-0.25, -0.2) is 4.68 Å². The molecule has 0 saturated carbocycles. The first-order valence-electron chi connectivity index (χ1n) is 7.40. The summed E-state index contributed by atoms with van der Waals surface area (Å²) in [6.45, 7) is 1.21. The third-order valence-electron chi connectivity index (χ3n) is 3.86. The van der Waals surface area contributed by atoms with Crippen LogP contribution >= 0.6 is 12.4 Å². The SMILES string of the molecule is Cl.NC1CCCN(C(=O)c2ccn(-c3cccc([N+](=O)[O-])c3)n2)C1. The summed E-state index contributed by atoms with van der Waals surface area (Å²) < 4.78 is 1.46. The molecule has 9 heteroatoms. The van der Waals surface area contributed by atoms with E-state index in [9.17, 15) is 14.9 Å². The lowest BCUT2D eigenvalue weighted by Crippen LogP contribution is -2.45. The third-order valence-corrected chi connectivity index (χ3v) is 3.86. The Hall–Kier alpha value is -2.45. The van der Waals surface area contributed by atoms with Gasteiger partial charge >= 0.3 is 0 Å². The van der Waals surface area contributed by atoms with Gasteiger partial charge in [0.15, 0.2) is 5.69 Å². The van der Waals surface area contributed by atoms with Crippen LogP contribution in [0.25, 0.3) is 5.69 Å². The Balaban J connectivity index is 0.00000208. The van der Waals surface area contributed by atoms with E-state index >= 15 is 0 Å². The average Bonchev–Trinajstić information content (AvgIpc) is 3.04. The Labute approximate surface area is 144 Å². The number of halogens is 1. The summed E-state index contributed by atoms with van der Waals surface area (Å²) in [5, 5.41) is 15.1. The number of non-ortho nitro benzene ring substituents is 1. The molecule has 0 radical (unpaired) electrons. The molecule has 0 spiro atoms. The van der Waals surface area contributed by atoms with Gasteiger partial charge in [-0.1, -0.05) is 6.07 Å². The number of amides is 1. The summed E-state index contributed by atoms with van der Waals surface area (Å²) in [5.41, 5.74) is 6.72. The molecular formula is C15H18ClN5O3. The van der Waals surface area contributed by atoms with Crippen molar-refractivity contribution in [3.05, 3.63) is 52.3 Å². The molecule has 0 aliphatic carbocycles. The number of hydrogen-bond acceptors (Lipinski definition) is 5. The number of hydrogen-bond donors (Lipinski definition) is 1. The van der Waals surface area contributed by atoms with Crippen molar-refractivity contribution in [2.24, 2.45) is 5.73 Å². The number of nitrogens with zero attached hydrogens (tertiary/aromatic N) is 4. The van der Waals surface area contributed by atoms with E-state index in [1.165, 1.54) is 16.8 Å². The minimum Gasteiger partial charge on any atom is -0.336 e. The first-order chi connectivity index (χ1) is 11.0. The molecule has 1 fully saturated rings. The maximum absolute atomic E-state index is 12.5. The molecule has 1 aliphatic rings. The van der Waals surface area contributed by atoms with Crippen molar-refractivity contribution in [3.8, 4) is 5.69 Å². The van der Waals surface area contributed by atoms with E-state index in [2.05, 4.69) is 5.10 Å². The Morgan fingerprint density at radius 3 is 2.88 bits per heavy atom. The number of aromatic nitrogens is 2. The van der Waals surface area contributed by atoms with Crippen LogP contribution in [0.4, 0.5) is 5.69 Å². The smallest absolute Gasteiger partial charge is 0.274 e. The fourth-order valence-corrected chi connectivity index (χ4v) is 2.69. The molecule has 1 aromatic heterocycles. The van der Waals surface area contributed by atoms with E-state index in [1.807, 2.05) is 0 Å². The highest BCUT2D eigenvalue weighted by Crippen LogP contribution is 2.17. The number of carbonyl (C=O) groups excluding carboxylic acids is 1. The van der Waals surface area contributed by atoms with Crippen LogP contribution in [0.2, 0.25) is 0 Å². The third kappa shape index (κ3) is 3.72. The second kappa shape index (κ2) is 7.41. The fraction of sp³-hybridized carbons (Fsp3) is 0.333. The molecule has 1 aromatic carbocycles. The van der Waals surface area contributed by atoms with E-state index < -0.39 is 4.92 Å². The van der Waals surface area contributed by atoms with Gasteiger partial charge in [-0.2, -0.15) is 5.10 Å². The number of likely N-dealkylation sites (tertiary alicyclic amines) is 1. The predicted octanol–water partition coefficient (Wildman–Crippen LogP) is 1.77. The Bertz CT molecular complexity index is 748. The van der Waals surface area contributed by atoms with Crippen LogP contribution in [0, 0.1) is 10.1 Å². The number of nitro groups is 1. The van der Waals surface area contributed by atoms with Crippen LogP contribution in [0.1, 0.15) is 23.3 Å². The molecule has 1 unspecified atom stereocenters. The van der Waals surface area contributed by atoms with Crippen LogP contribution in [0.15, 0.2) is 36.5 Å². The molecule has 1 amide bonds. The molecule has 2 aromatic rings. The lowest BCUT2D eigenvalue weighted by molar-refractivity contribution is -0.384. The monoisotopic (exact) mass is 351 g/mol. The van der Waals surface area contributed by atoms with E-state index in [0.717, 1.165) is 12.8 Å². The highest BCUT2D eigenvalue weighted by molar-refractivity contribution is 5.92. The van der Waals surface area contributed by atoms with Crippen LogP contribution in [-0.2, 0) is 0 Å². The Morgan fingerprint density at radius 2 is 2.17 bits per heavy atom. The lowest BCUT2D eigenvalue weighted by Gasteiger charge is -2.30. The van der Waals surface area contributed by atoms with Crippen LogP contribution in [-0.4, -0.2) is 44.6 Å². The molecule has 24 heavy (non-hydrogen) atoms. The van der Waals surface area contributed by atoms with Crippen molar-refractivity contribution in [1.29, 1.82) is 0 Å².